The summed E-state index contributed by atoms with van der Waals surface area (Å²) >= 11 is 0. The van der Waals surface area contributed by atoms with Gasteiger partial charge in [-0.2, -0.15) is 0 Å². The van der Waals surface area contributed by atoms with Crippen LogP contribution in [0.4, 0.5) is 0 Å². The number of fused-ring (bicyclic) bond motifs is 2. The predicted molar refractivity (Wildman–Crippen MR) is 133 cm³/mol. The molecule has 2 aliphatic heterocycles. The Hall–Kier alpha value is -1.82. The van der Waals surface area contributed by atoms with Crippen molar-refractivity contribution >= 4 is 23.1 Å². The van der Waals surface area contributed by atoms with E-state index in [-0.39, 0.29) is 66.4 Å². The van der Waals surface area contributed by atoms with Crippen LogP contribution in [0, 0.1) is 0 Å². The Morgan fingerprint density at radius 1 is 0.694 bits per heavy atom. The normalized spacial score (nSPS) is 20.5. The Kier molecular flexibility index (Phi) is 13.2. The van der Waals surface area contributed by atoms with Crippen LogP contribution in [0.15, 0.2) is 85.8 Å². The molecular weight excluding hydrogens is 557 g/mol. The quantitative estimate of drug-likeness (QED) is 0.294. The molecule has 0 aromatic carbocycles. The molecule has 191 valence electrons. The number of nitrogens with zero attached hydrogens (tertiary/aromatic N) is 5. The Bertz CT molecular complexity index is 1090. The molecular formula is C27H29Cl3FeN5. The van der Waals surface area contributed by atoms with Gasteiger partial charge in [-0.1, -0.05) is 57.1 Å². The SMILES string of the molecule is CCCCC1=CC2=NC(c3cccc(C4=NC5C=CC(CCCC)=CC5=N4)n3)=NC2C=C1.[Cl-].[Cl-].[Cl-].[Fe+3]. The summed E-state index contributed by atoms with van der Waals surface area (Å²) in [4.78, 5) is 24.0. The molecule has 5 nitrogen and oxygen atoms in total. The summed E-state index contributed by atoms with van der Waals surface area (Å²) in [6, 6.07) is 5.93. The molecule has 0 saturated heterocycles. The first-order valence-corrected chi connectivity index (χ1v) is 11.8. The standard InChI is InChI=1S/C27H29N5.3ClH.Fe/c1-3-5-8-18-12-14-20-24(16-18)31-26(29-20)22-10-7-11-23(28-22)27-30-21-15-13-19(9-6-4-2)17-25(21)32-27;;;;/h7,10-17,20-21H,3-6,8-9H2,1-2H3;3*1H;/q;;;;+3/p-3. The minimum absolute atomic E-state index is 0. The molecule has 1 radical (unpaired) electrons. The molecule has 2 atom stereocenters. The molecule has 4 aliphatic rings. The van der Waals surface area contributed by atoms with Gasteiger partial charge < -0.3 is 37.2 Å². The van der Waals surface area contributed by atoms with Gasteiger partial charge in [0, 0.05) is 0 Å². The summed E-state index contributed by atoms with van der Waals surface area (Å²) in [5, 5.41) is 0. The molecule has 0 spiro atoms. The zero-order valence-corrected chi connectivity index (χ0v) is 23.7. The molecule has 0 bridgehead atoms. The van der Waals surface area contributed by atoms with E-state index in [1.54, 1.807) is 0 Å². The second kappa shape index (κ2) is 14.8. The van der Waals surface area contributed by atoms with Gasteiger partial charge in [0.15, 0.2) is 11.7 Å². The fourth-order valence-corrected chi connectivity index (χ4v) is 4.26. The van der Waals surface area contributed by atoms with Crippen molar-refractivity contribution < 1.29 is 54.3 Å². The van der Waals surface area contributed by atoms with Gasteiger partial charge in [0.1, 0.15) is 23.5 Å². The first-order valence-electron chi connectivity index (χ1n) is 11.8. The van der Waals surface area contributed by atoms with E-state index < -0.39 is 0 Å². The maximum absolute atomic E-state index is 4.82. The van der Waals surface area contributed by atoms with Gasteiger partial charge in [-0.3, -0.25) is 9.98 Å². The summed E-state index contributed by atoms with van der Waals surface area (Å²) < 4.78 is 0. The van der Waals surface area contributed by atoms with Crippen LogP contribution in [0.3, 0.4) is 0 Å². The molecule has 1 aromatic heterocycles. The van der Waals surface area contributed by atoms with E-state index >= 15 is 0 Å². The van der Waals surface area contributed by atoms with Crippen LogP contribution in [0.5, 0.6) is 0 Å². The smallest absolute Gasteiger partial charge is 1.00 e. The number of aromatic nitrogens is 1. The van der Waals surface area contributed by atoms with Crippen molar-refractivity contribution in [1.29, 1.82) is 0 Å². The first-order chi connectivity index (χ1) is 15.7. The van der Waals surface area contributed by atoms with Gasteiger partial charge in [-0.05, 0) is 61.1 Å². The van der Waals surface area contributed by atoms with Crippen LogP contribution < -0.4 is 37.2 Å². The minimum Gasteiger partial charge on any atom is -1.00 e. The molecule has 0 fully saturated rings. The number of rotatable bonds is 8. The summed E-state index contributed by atoms with van der Waals surface area (Å²) in [6.45, 7) is 4.43. The van der Waals surface area contributed by atoms with Gasteiger partial charge in [-0.25, -0.2) is 15.0 Å². The summed E-state index contributed by atoms with van der Waals surface area (Å²) in [7, 11) is 0. The van der Waals surface area contributed by atoms with Crippen LogP contribution in [0.25, 0.3) is 0 Å². The van der Waals surface area contributed by atoms with Crippen molar-refractivity contribution in [2.75, 3.05) is 0 Å². The van der Waals surface area contributed by atoms with E-state index in [0.29, 0.717) is 11.7 Å². The van der Waals surface area contributed by atoms with Crippen LogP contribution >= 0.6 is 0 Å². The molecule has 0 amide bonds. The Morgan fingerprint density at radius 2 is 1.14 bits per heavy atom. The van der Waals surface area contributed by atoms with Crippen LogP contribution in [0.2, 0.25) is 0 Å². The number of unbranched alkanes of at least 4 members (excludes halogenated alkanes) is 2. The molecule has 9 heteroatoms. The third kappa shape index (κ3) is 7.14. The third-order valence-electron chi connectivity index (χ3n) is 6.10. The number of allylic oxidation sites excluding steroid dienone is 4. The van der Waals surface area contributed by atoms with E-state index in [1.807, 2.05) is 18.2 Å². The molecule has 2 aliphatic carbocycles. The maximum Gasteiger partial charge on any atom is 3.00 e. The Balaban J connectivity index is 0.00000162. The monoisotopic (exact) mass is 584 g/mol. The van der Waals surface area contributed by atoms with Crippen molar-refractivity contribution in [2.45, 2.75) is 64.5 Å². The van der Waals surface area contributed by atoms with Crippen LogP contribution in [-0.4, -0.2) is 40.2 Å². The zero-order chi connectivity index (χ0) is 21.9. The van der Waals surface area contributed by atoms with Crippen molar-refractivity contribution in [1.82, 2.24) is 4.98 Å². The third-order valence-corrected chi connectivity index (χ3v) is 6.10. The van der Waals surface area contributed by atoms with Crippen molar-refractivity contribution in [3.63, 3.8) is 0 Å². The van der Waals surface area contributed by atoms with E-state index in [9.17, 15) is 0 Å². The van der Waals surface area contributed by atoms with E-state index in [0.717, 1.165) is 35.7 Å². The van der Waals surface area contributed by atoms with E-state index in [4.69, 9.17) is 25.0 Å². The second-order valence-corrected chi connectivity index (χ2v) is 8.64. The molecule has 5 rings (SSSR count). The maximum atomic E-state index is 4.82. The van der Waals surface area contributed by atoms with Gasteiger partial charge in [0.2, 0.25) is 0 Å². The number of amidine groups is 2. The van der Waals surface area contributed by atoms with Gasteiger partial charge in [-0.15, -0.1) is 0 Å². The first kappa shape index (κ1) is 32.2. The molecule has 0 N–H and O–H groups in total. The van der Waals surface area contributed by atoms with Crippen molar-refractivity contribution in [2.24, 2.45) is 20.0 Å². The predicted octanol–water partition coefficient (Wildman–Crippen LogP) is -3.40. The average molecular weight is 586 g/mol. The van der Waals surface area contributed by atoms with E-state index in [2.05, 4.69) is 50.3 Å². The van der Waals surface area contributed by atoms with Crippen LogP contribution in [-0.2, 0) is 17.1 Å². The summed E-state index contributed by atoms with van der Waals surface area (Å²) in [6.07, 6.45) is 20.0. The van der Waals surface area contributed by atoms with E-state index in [1.165, 1.54) is 36.8 Å². The fraction of sp³-hybridized carbons (Fsp3) is 0.370. The largest absolute Gasteiger partial charge is 3.00 e. The average Bonchev–Trinajstić information content (AvgIpc) is 3.45. The molecule has 2 unspecified atom stereocenters. The molecule has 36 heavy (non-hydrogen) atoms. The number of hydrogen-bond acceptors (Lipinski definition) is 5. The zero-order valence-electron chi connectivity index (χ0n) is 20.3. The fourth-order valence-electron chi connectivity index (χ4n) is 4.26. The summed E-state index contributed by atoms with van der Waals surface area (Å²) in [5.74, 6) is 1.38. The topological polar surface area (TPSA) is 62.3 Å². The number of aliphatic imine (C=N–C) groups is 4. The number of halogens is 3. The number of hydrogen-bond donors (Lipinski definition) is 0. The molecule has 0 saturated carbocycles. The van der Waals surface area contributed by atoms with Gasteiger partial charge >= 0.3 is 17.1 Å². The Morgan fingerprint density at radius 3 is 1.56 bits per heavy atom. The summed E-state index contributed by atoms with van der Waals surface area (Å²) in [5.41, 5.74) is 6.24. The van der Waals surface area contributed by atoms with Crippen LogP contribution in [0.1, 0.15) is 63.8 Å². The molecule has 3 heterocycles. The number of pyridine rings is 1. The van der Waals surface area contributed by atoms with Gasteiger partial charge in [0.05, 0.1) is 11.4 Å². The minimum atomic E-state index is 0. The van der Waals surface area contributed by atoms with Crippen molar-refractivity contribution in [3.8, 4) is 0 Å². The molecule has 1 aromatic rings. The Labute approximate surface area is 243 Å². The second-order valence-electron chi connectivity index (χ2n) is 8.64. The van der Waals surface area contributed by atoms with Gasteiger partial charge in [0.25, 0.3) is 0 Å². The van der Waals surface area contributed by atoms with Crippen molar-refractivity contribution in [3.05, 3.63) is 77.2 Å².